The van der Waals surface area contributed by atoms with E-state index in [1.165, 1.54) is 18.0 Å². The van der Waals surface area contributed by atoms with Crippen LogP contribution >= 0.6 is 11.8 Å². The molecule has 3 aromatic carbocycles. The summed E-state index contributed by atoms with van der Waals surface area (Å²) in [6.07, 6.45) is 1.42. The van der Waals surface area contributed by atoms with E-state index in [0.717, 1.165) is 24.5 Å². The fourth-order valence-electron chi connectivity index (χ4n) is 4.33. The summed E-state index contributed by atoms with van der Waals surface area (Å²) in [6, 6.07) is 18.6. The summed E-state index contributed by atoms with van der Waals surface area (Å²) in [5, 5.41) is 23.8. The summed E-state index contributed by atoms with van der Waals surface area (Å²) >= 11 is 1.21. The van der Waals surface area contributed by atoms with Crippen molar-refractivity contribution in [2.24, 2.45) is 5.10 Å². The number of nitrogens with zero attached hydrogens (tertiary/aromatic N) is 5. The van der Waals surface area contributed by atoms with Gasteiger partial charge in [0.2, 0.25) is 5.75 Å². The topological polar surface area (TPSA) is 123 Å². The van der Waals surface area contributed by atoms with Crippen LogP contribution < -0.4 is 24.5 Å². The van der Waals surface area contributed by atoms with Crippen LogP contribution in [0.25, 0.3) is 17.1 Å². The minimum atomic E-state index is -0.340. The fourth-order valence-corrected chi connectivity index (χ4v) is 5.08. The predicted octanol–water partition coefficient (Wildman–Crippen LogP) is 4.75. The standard InChI is InChI=1S/C30H34N6O5S/c1-6-35(7-2)23-14-13-20(24(37)17-23)18-31-32-27(38)19-42-30-34-33-29(36(30)22-11-9-8-10-12-22)21-15-25(39-3)28(41-5)26(16-21)40-4/h8-18,37H,6-7,19H2,1-5H3,(H,32,38)/b31-18-. The molecule has 220 valence electrons. The highest BCUT2D eigenvalue weighted by atomic mass is 32.2. The van der Waals surface area contributed by atoms with Crippen LogP contribution in [0, 0.1) is 0 Å². The van der Waals surface area contributed by atoms with Crippen LogP contribution in [0.15, 0.2) is 70.9 Å². The predicted molar refractivity (Wildman–Crippen MR) is 165 cm³/mol. The Morgan fingerprint density at radius 2 is 1.69 bits per heavy atom. The van der Waals surface area contributed by atoms with Crippen molar-refractivity contribution in [1.29, 1.82) is 0 Å². The van der Waals surface area contributed by atoms with Crippen molar-refractivity contribution in [2.45, 2.75) is 19.0 Å². The van der Waals surface area contributed by atoms with Gasteiger partial charge in [0, 0.05) is 41.7 Å². The summed E-state index contributed by atoms with van der Waals surface area (Å²) in [7, 11) is 4.64. The zero-order chi connectivity index (χ0) is 30.1. The third-order valence-electron chi connectivity index (χ3n) is 6.44. The summed E-state index contributed by atoms with van der Waals surface area (Å²) in [6.45, 7) is 5.78. The molecule has 0 atom stereocenters. The lowest BCUT2D eigenvalue weighted by atomic mass is 10.1. The second-order valence-corrected chi connectivity index (χ2v) is 9.83. The molecule has 0 aliphatic rings. The van der Waals surface area contributed by atoms with Crippen molar-refractivity contribution >= 4 is 29.6 Å². The number of para-hydroxylation sites is 1. The van der Waals surface area contributed by atoms with E-state index >= 15 is 0 Å². The number of carbonyl (C=O) groups is 1. The van der Waals surface area contributed by atoms with Gasteiger partial charge in [0.15, 0.2) is 22.5 Å². The van der Waals surface area contributed by atoms with Crippen LogP contribution in [-0.2, 0) is 4.79 Å². The Kier molecular flexibility index (Phi) is 10.3. The monoisotopic (exact) mass is 590 g/mol. The number of benzene rings is 3. The largest absolute Gasteiger partial charge is 0.507 e. The first-order valence-electron chi connectivity index (χ1n) is 13.3. The molecule has 0 saturated carbocycles. The van der Waals surface area contributed by atoms with E-state index in [9.17, 15) is 9.90 Å². The summed E-state index contributed by atoms with van der Waals surface area (Å²) in [4.78, 5) is 14.8. The van der Waals surface area contributed by atoms with Crippen LogP contribution in [0.3, 0.4) is 0 Å². The average molecular weight is 591 g/mol. The highest BCUT2D eigenvalue weighted by Crippen LogP contribution is 2.41. The molecule has 12 heteroatoms. The molecule has 1 amide bonds. The van der Waals surface area contributed by atoms with E-state index in [4.69, 9.17) is 14.2 Å². The molecule has 1 aromatic heterocycles. The number of thioether (sulfide) groups is 1. The maximum absolute atomic E-state index is 12.7. The van der Waals surface area contributed by atoms with Gasteiger partial charge in [-0.1, -0.05) is 30.0 Å². The normalized spacial score (nSPS) is 11.0. The SMILES string of the molecule is CCN(CC)c1ccc(/C=N\NC(=O)CSc2nnc(-c3cc(OC)c(OC)c(OC)c3)n2-c2ccccc2)c(O)c1. The van der Waals surface area contributed by atoms with Gasteiger partial charge < -0.3 is 24.2 Å². The molecular formula is C30H34N6O5S. The zero-order valence-corrected chi connectivity index (χ0v) is 25.0. The van der Waals surface area contributed by atoms with Gasteiger partial charge in [-0.25, -0.2) is 5.43 Å². The molecule has 0 bridgehead atoms. The molecular weight excluding hydrogens is 556 g/mol. The Balaban J connectivity index is 1.53. The van der Waals surface area contributed by atoms with Crippen molar-refractivity contribution < 1.29 is 24.1 Å². The highest BCUT2D eigenvalue weighted by molar-refractivity contribution is 7.99. The number of amides is 1. The third-order valence-corrected chi connectivity index (χ3v) is 7.37. The average Bonchev–Trinajstić information content (AvgIpc) is 3.45. The van der Waals surface area contributed by atoms with Crippen LogP contribution in [0.4, 0.5) is 5.69 Å². The maximum atomic E-state index is 12.7. The first-order valence-corrected chi connectivity index (χ1v) is 14.3. The molecule has 0 fully saturated rings. The number of methoxy groups -OCH3 is 3. The number of phenolic OH excluding ortho intramolecular Hbond substituents is 1. The number of hydrogen-bond donors (Lipinski definition) is 2. The van der Waals surface area contributed by atoms with Crippen molar-refractivity contribution in [3.05, 3.63) is 66.2 Å². The quantitative estimate of drug-likeness (QED) is 0.129. The molecule has 2 N–H and O–H groups in total. The Labute approximate surface area is 249 Å². The molecule has 0 aliphatic heterocycles. The van der Waals surface area contributed by atoms with Crippen molar-refractivity contribution in [3.8, 4) is 40.1 Å². The maximum Gasteiger partial charge on any atom is 0.250 e. The lowest BCUT2D eigenvalue weighted by Crippen LogP contribution is -2.21. The molecule has 0 spiro atoms. The zero-order valence-electron chi connectivity index (χ0n) is 24.2. The second-order valence-electron chi connectivity index (χ2n) is 8.89. The van der Waals surface area contributed by atoms with Crippen LogP contribution in [0.5, 0.6) is 23.0 Å². The van der Waals surface area contributed by atoms with E-state index < -0.39 is 0 Å². The van der Waals surface area contributed by atoms with Gasteiger partial charge in [0.25, 0.3) is 5.91 Å². The number of aromatic hydroxyl groups is 1. The third kappa shape index (κ3) is 6.77. The number of ether oxygens (including phenoxy) is 3. The summed E-state index contributed by atoms with van der Waals surface area (Å²) in [5.74, 6) is 1.74. The first kappa shape index (κ1) is 30.3. The van der Waals surface area contributed by atoms with Gasteiger partial charge in [0.1, 0.15) is 5.75 Å². The molecule has 42 heavy (non-hydrogen) atoms. The van der Waals surface area contributed by atoms with Gasteiger partial charge in [-0.15, -0.1) is 10.2 Å². The molecule has 4 rings (SSSR count). The van der Waals surface area contributed by atoms with Crippen molar-refractivity contribution in [3.63, 3.8) is 0 Å². The Morgan fingerprint density at radius 3 is 2.29 bits per heavy atom. The van der Waals surface area contributed by atoms with E-state index in [-0.39, 0.29) is 17.4 Å². The number of hydrazone groups is 1. The number of carbonyl (C=O) groups excluding carboxylic acids is 1. The van der Waals surface area contributed by atoms with Crippen LogP contribution in [0.1, 0.15) is 19.4 Å². The van der Waals surface area contributed by atoms with Crippen molar-refractivity contribution in [1.82, 2.24) is 20.2 Å². The Bertz CT molecular complexity index is 1510. The molecule has 1 heterocycles. The number of aromatic nitrogens is 3. The first-order chi connectivity index (χ1) is 20.4. The number of hydrogen-bond acceptors (Lipinski definition) is 10. The van der Waals surface area contributed by atoms with Crippen LogP contribution in [-0.4, -0.2) is 72.2 Å². The molecule has 4 aromatic rings. The number of anilines is 1. The van der Waals surface area contributed by atoms with Gasteiger partial charge in [-0.3, -0.25) is 9.36 Å². The second kappa shape index (κ2) is 14.3. The van der Waals surface area contributed by atoms with E-state index in [1.54, 1.807) is 45.6 Å². The van der Waals surface area contributed by atoms with Gasteiger partial charge in [0.05, 0.1) is 33.3 Å². The molecule has 0 aliphatic carbocycles. The lowest BCUT2D eigenvalue weighted by molar-refractivity contribution is -0.118. The summed E-state index contributed by atoms with van der Waals surface area (Å²) in [5.41, 5.74) is 5.43. The number of phenols is 1. The van der Waals surface area contributed by atoms with Gasteiger partial charge in [-0.05, 0) is 50.2 Å². The van der Waals surface area contributed by atoms with E-state index in [2.05, 4.69) is 39.5 Å². The lowest BCUT2D eigenvalue weighted by Gasteiger charge is -2.21. The molecule has 11 nitrogen and oxygen atoms in total. The minimum Gasteiger partial charge on any atom is -0.507 e. The van der Waals surface area contributed by atoms with Crippen LogP contribution in [0.2, 0.25) is 0 Å². The molecule has 0 radical (unpaired) electrons. The molecule has 0 saturated heterocycles. The van der Waals surface area contributed by atoms with E-state index in [0.29, 0.717) is 39.4 Å². The van der Waals surface area contributed by atoms with Gasteiger partial charge >= 0.3 is 0 Å². The van der Waals surface area contributed by atoms with Gasteiger partial charge in [-0.2, -0.15) is 5.10 Å². The summed E-state index contributed by atoms with van der Waals surface area (Å²) < 4.78 is 18.4. The highest BCUT2D eigenvalue weighted by Gasteiger charge is 2.21. The van der Waals surface area contributed by atoms with E-state index in [1.807, 2.05) is 41.0 Å². The number of rotatable bonds is 13. The fraction of sp³-hybridized carbons (Fsp3) is 0.267. The Morgan fingerprint density at radius 1 is 1.00 bits per heavy atom. The Hall–Kier alpha value is -4.71. The minimum absolute atomic E-state index is 0.0322. The molecule has 0 unspecified atom stereocenters. The smallest absolute Gasteiger partial charge is 0.250 e. The number of nitrogens with one attached hydrogen (secondary N) is 1. The van der Waals surface area contributed by atoms with Crippen molar-refractivity contribution in [2.75, 3.05) is 45.1 Å².